The zero-order valence-corrected chi connectivity index (χ0v) is 13.5. The first-order chi connectivity index (χ1) is 10.2. The van der Waals surface area contributed by atoms with E-state index in [1.165, 1.54) is 32.4 Å². The van der Waals surface area contributed by atoms with E-state index >= 15 is 0 Å². The molecule has 2 rings (SSSR count). The molecular weight excluding hydrogens is 262 g/mol. The molecule has 2 heterocycles. The van der Waals surface area contributed by atoms with E-state index in [0.717, 1.165) is 38.8 Å². The molecule has 4 nitrogen and oxygen atoms in total. The number of carbonyl (C=O) groups is 1. The number of rotatable bonds is 5. The Morgan fingerprint density at radius 1 is 1.24 bits per heavy atom. The van der Waals surface area contributed by atoms with Crippen LogP contribution in [0.4, 0.5) is 4.79 Å². The van der Waals surface area contributed by atoms with Gasteiger partial charge in [-0.1, -0.05) is 13.0 Å². The third-order valence-electron chi connectivity index (χ3n) is 4.91. The molecule has 4 heteroatoms. The van der Waals surface area contributed by atoms with Gasteiger partial charge >= 0.3 is 6.03 Å². The second-order valence-electron chi connectivity index (χ2n) is 6.39. The summed E-state index contributed by atoms with van der Waals surface area (Å²) in [6, 6.07) is 1.04. The quantitative estimate of drug-likeness (QED) is 0.791. The van der Waals surface area contributed by atoms with Gasteiger partial charge in [-0.25, -0.2) is 4.79 Å². The van der Waals surface area contributed by atoms with Crippen LogP contribution in [-0.4, -0.2) is 54.1 Å². The van der Waals surface area contributed by atoms with Crippen molar-refractivity contribution < 1.29 is 4.79 Å². The van der Waals surface area contributed by atoms with Crippen LogP contribution in [0.25, 0.3) is 0 Å². The van der Waals surface area contributed by atoms with E-state index < -0.39 is 0 Å². The predicted molar refractivity (Wildman–Crippen MR) is 87.4 cm³/mol. The Labute approximate surface area is 129 Å². The molecule has 2 saturated heterocycles. The number of hydrogen-bond acceptors (Lipinski definition) is 2. The molecule has 0 aromatic rings. The van der Waals surface area contributed by atoms with Crippen molar-refractivity contribution in [2.24, 2.45) is 0 Å². The number of nitrogens with one attached hydrogen (secondary N) is 1. The van der Waals surface area contributed by atoms with Crippen LogP contribution in [0.3, 0.4) is 0 Å². The topological polar surface area (TPSA) is 35.6 Å². The van der Waals surface area contributed by atoms with Crippen LogP contribution in [0.1, 0.15) is 51.9 Å². The monoisotopic (exact) mass is 293 g/mol. The first-order valence-corrected chi connectivity index (χ1v) is 8.65. The lowest BCUT2D eigenvalue weighted by Crippen LogP contribution is -2.45. The van der Waals surface area contributed by atoms with E-state index in [1.54, 1.807) is 0 Å². The fourth-order valence-corrected chi connectivity index (χ4v) is 3.55. The Balaban J connectivity index is 1.81. The van der Waals surface area contributed by atoms with Crippen molar-refractivity contribution in [1.82, 2.24) is 15.1 Å². The van der Waals surface area contributed by atoms with Gasteiger partial charge in [0.2, 0.25) is 0 Å². The van der Waals surface area contributed by atoms with Crippen molar-refractivity contribution in [2.75, 3.05) is 26.2 Å². The Kier molecular flexibility index (Phi) is 6.55. The average molecular weight is 293 g/mol. The van der Waals surface area contributed by atoms with Gasteiger partial charge in [-0.15, -0.1) is 6.58 Å². The maximum Gasteiger partial charge on any atom is 0.317 e. The summed E-state index contributed by atoms with van der Waals surface area (Å²) >= 11 is 0. The van der Waals surface area contributed by atoms with Crippen LogP contribution in [0, 0.1) is 0 Å². The molecule has 2 fully saturated rings. The van der Waals surface area contributed by atoms with Crippen molar-refractivity contribution >= 4 is 6.03 Å². The lowest BCUT2D eigenvalue weighted by Gasteiger charge is -2.27. The summed E-state index contributed by atoms with van der Waals surface area (Å²) in [4.78, 5) is 17.0. The van der Waals surface area contributed by atoms with Gasteiger partial charge in [0.15, 0.2) is 0 Å². The molecule has 0 bridgehead atoms. The van der Waals surface area contributed by atoms with Crippen molar-refractivity contribution in [3.63, 3.8) is 0 Å². The summed E-state index contributed by atoms with van der Waals surface area (Å²) in [5, 5.41) is 3.15. The molecule has 21 heavy (non-hydrogen) atoms. The van der Waals surface area contributed by atoms with Crippen LogP contribution < -0.4 is 5.32 Å². The summed E-state index contributed by atoms with van der Waals surface area (Å²) in [6.45, 7) is 10.2. The lowest BCUT2D eigenvalue weighted by molar-refractivity contribution is 0.190. The zero-order valence-electron chi connectivity index (χ0n) is 13.5. The van der Waals surface area contributed by atoms with E-state index in [4.69, 9.17) is 0 Å². The minimum absolute atomic E-state index is 0.116. The fourth-order valence-electron chi connectivity index (χ4n) is 3.55. The Morgan fingerprint density at radius 2 is 2.00 bits per heavy atom. The van der Waals surface area contributed by atoms with Crippen molar-refractivity contribution in [3.05, 3.63) is 12.7 Å². The molecule has 2 aliphatic heterocycles. The molecule has 0 unspecified atom stereocenters. The van der Waals surface area contributed by atoms with Crippen molar-refractivity contribution in [1.29, 1.82) is 0 Å². The second kappa shape index (κ2) is 8.42. The van der Waals surface area contributed by atoms with Gasteiger partial charge in [0, 0.05) is 25.2 Å². The van der Waals surface area contributed by atoms with E-state index in [9.17, 15) is 4.79 Å². The molecule has 0 spiro atoms. The molecule has 0 aromatic carbocycles. The highest BCUT2D eigenvalue weighted by atomic mass is 16.2. The molecule has 0 radical (unpaired) electrons. The molecule has 2 amide bonds. The summed E-state index contributed by atoms with van der Waals surface area (Å²) in [6.07, 6.45) is 9.90. The van der Waals surface area contributed by atoms with Gasteiger partial charge in [-0.3, -0.25) is 0 Å². The number of urea groups is 1. The normalized spacial score (nSPS) is 25.4. The molecule has 2 aliphatic rings. The molecule has 2 atom stereocenters. The van der Waals surface area contributed by atoms with Crippen molar-refractivity contribution in [2.45, 2.75) is 64.0 Å². The number of likely N-dealkylation sites (tertiary alicyclic amines) is 2. The maximum atomic E-state index is 12.4. The summed E-state index contributed by atoms with van der Waals surface area (Å²) in [7, 11) is 0. The minimum atomic E-state index is 0.116. The highest BCUT2D eigenvalue weighted by Gasteiger charge is 2.26. The molecular formula is C17H31N3O. The molecule has 120 valence electrons. The molecule has 1 N–H and O–H groups in total. The number of amides is 2. The lowest BCUT2D eigenvalue weighted by atomic mass is 10.1. The standard InChI is InChI=1S/C17H31N3O/c1-3-8-15(4-2)18-17(21)20-13-7-9-16(10-14-20)19-11-5-6-12-19/h3,15-16H,1,4-14H2,2H3,(H,18,21)/t15-,16+/m0/s1. The zero-order chi connectivity index (χ0) is 15.1. The predicted octanol–water partition coefficient (Wildman–Crippen LogP) is 3.00. The number of carbonyl (C=O) groups excluding carboxylic acids is 1. The van der Waals surface area contributed by atoms with Gasteiger partial charge < -0.3 is 15.1 Å². The van der Waals surface area contributed by atoms with Crippen LogP contribution in [0.15, 0.2) is 12.7 Å². The van der Waals surface area contributed by atoms with Gasteiger partial charge in [0.1, 0.15) is 0 Å². The van der Waals surface area contributed by atoms with Crippen LogP contribution in [-0.2, 0) is 0 Å². The number of nitrogens with zero attached hydrogens (tertiary/aromatic N) is 2. The third-order valence-corrected chi connectivity index (χ3v) is 4.91. The van der Waals surface area contributed by atoms with Gasteiger partial charge in [-0.05, 0) is 58.0 Å². The van der Waals surface area contributed by atoms with Crippen LogP contribution in [0.5, 0.6) is 0 Å². The van der Waals surface area contributed by atoms with Crippen LogP contribution >= 0.6 is 0 Å². The summed E-state index contributed by atoms with van der Waals surface area (Å²) in [5.41, 5.74) is 0. The molecule has 0 saturated carbocycles. The molecule has 0 aromatic heterocycles. The third kappa shape index (κ3) is 4.73. The Bertz CT molecular complexity index is 339. The largest absolute Gasteiger partial charge is 0.335 e. The maximum absolute atomic E-state index is 12.4. The van der Waals surface area contributed by atoms with Crippen molar-refractivity contribution in [3.8, 4) is 0 Å². The Morgan fingerprint density at radius 3 is 2.67 bits per heavy atom. The first-order valence-electron chi connectivity index (χ1n) is 8.65. The fraction of sp³-hybridized carbons (Fsp3) is 0.824. The highest BCUT2D eigenvalue weighted by Crippen LogP contribution is 2.21. The Hall–Kier alpha value is -1.03. The van der Waals surface area contributed by atoms with E-state index in [1.807, 2.05) is 11.0 Å². The number of hydrogen-bond donors (Lipinski definition) is 1. The second-order valence-corrected chi connectivity index (χ2v) is 6.39. The SMILES string of the molecule is C=CC[C@H](CC)NC(=O)N1CCC[C@@H](N2CCCC2)CC1. The molecule has 0 aliphatic carbocycles. The van der Waals surface area contributed by atoms with E-state index in [0.29, 0.717) is 6.04 Å². The van der Waals surface area contributed by atoms with Crippen LogP contribution in [0.2, 0.25) is 0 Å². The summed E-state index contributed by atoms with van der Waals surface area (Å²) in [5.74, 6) is 0. The van der Waals surface area contributed by atoms with E-state index in [2.05, 4.69) is 23.7 Å². The first kappa shape index (κ1) is 16.3. The highest BCUT2D eigenvalue weighted by molar-refractivity contribution is 5.74. The van der Waals surface area contributed by atoms with E-state index in [-0.39, 0.29) is 12.1 Å². The minimum Gasteiger partial charge on any atom is -0.335 e. The van der Waals surface area contributed by atoms with Gasteiger partial charge in [-0.2, -0.15) is 0 Å². The van der Waals surface area contributed by atoms with Gasteiger partial charge in [0.25, 0.3) is 0 Å². The smallest absolute Gasteiger partial charge is 0.317 e. The van der Waals surface area contributed by atoms with Gasteiger partial charge in [0.05, 0.1) is 0 Å². The average Bonchev–Trinajstić information content (AvgIpc) is 2.91. The summed E-state index contributed by atoms with van der Waals surface area (Å²) < 4.78 is 0.